The quantitative estimate of drug-likeness (QED) is 0.882. The largest absolute Gasteiger partial charge is 0.366 e. The van der Waals surface area contributed by atoms with Gasteiger partial charge in [-0.05, 0) is 43.2 Å². The lowest BCUT2D eigenvalue weighted by Gasteiger charge is -2.32. The van der Waals surface area contributed by atoms with Gasteiger partial charge in [-0.25, -0.2) is 0 Å². The minimum Gasteiger partial charge on any atom is -0.366 e. The van der Waals surface area contributed by atoms with Crippen LogP contribution in [0.25, 0.3) is 0 Å². The highest BCUT2D eigenvalue weighted by molar-refractivity contribution is 5.99. The zero-order valence-corrected chi connectivity index (χ0v) is 13.2. The molecule has 2 aromatic rings. The van der Waals surface area contributed by atoms with E-state index in [4.69, 9.17) is 5.73 Å². The van der Waals surface area contributed by atoms with Crippen LogP contribution in [-0.4, -0.2) is 46.0 Å². The predicted octanol–water partition coefficient (Wildman–Crippen LogP) is 1.29. The van der Waals surface area contributed by atoms with Crippen molar-refractivity contribution in [3.8, 4) is 0 Å². The smallest absolute Gasteiger partial charge is 0.253 e. The topological polar surface area (TPSA) is 101 Å². The van der Waals surface area contributed by atoms with E-state index in [1.807, 2.05) is 12.1 Å². The Kier molecular flexibility index (Phi) is 4.69. The second-order valence-electron chi connectivity index (χ2n) is 5.76. The van der Waals surface area contributed by atoms with Crippen molar-refractivity contribution < 1.29 is 9.59 Å². The summed E-state index contributed by atoms with van der Waals surface area (Å²) in [6.45, 7) is 1.30. The Morgan fingerprint density at radius 1 is 1.12 bits per heavy atom. The van der Waals surface area contributed by atoms with Crippen molar-refractivity contribution in [1.82, 2.24) is 15.1 Å². The van der Waals surface area contributed by atoms with E-state index in [9.17, 15) is 9.59 Å². The van der Waals surface area contributed by atoms with Crippen LogP contribution in [-0.2, 0) is 0 Å². The number of piperidine rings is 1. The van der Waals surface area contributed by atoms with Crippen molar-refractivity contribution in [3.63, 3.8) is 0 Å². The molecule has 1 aliphatic heterocycles. The fourth-order valence-electron chi connectivity index (χ4n) is 2.80. The summed E-state index contributed by atoms with van der Waals surface area (Å²) in [7, 11) is 0. The van der Waals surface area contributed by atoms with Crippen molar-refractivity contribution in [2.75, 3.05) is 18.4 Å². The molecule has 0 aliphatic carbocycles. The molecule has 0 radical (unpaired) electrons. The molecule has 1 aromatic heterocycles. The molecule has 1 aliphatic rings. The average molecular weight is 325 g/mol. The third-order valence-corrected chi connectivity index (χ3v) is 4.10. The summed E-state index contributed by atoms with van der Waals surface area (Å²) in [6, 6.07) is 10.5. The molecule has 124 valence electrons. The van der Waals surface area contributed by atoms with Crippen molar-refractivity contribution in [3.05, 3.63) is 53.7 Å². The number of nitrogens with two attached hydrogens (primary N) is 1. The van der Waals surface area contributed by atoms with Crippen LogP contribution in [0, 0.1) is 0 Å². The number of hydrogen-bond acceptors (Lipinski definition) is 5. The summed E-state index contributed by atoms with van der Waals surface area (Å²) < 4.78 is 0. The second kappa shape index (κ2) is 7.08. The lowest BCUT2D eigenvalue weighted by Crippen LogP contribution is -2.42. The summed E-state index contributed by atoms with van der Waals surface area (Å²) in [6.07, 6.45) is 3.29. The summed E-state index contributed by atoms with van der Waals surface area (Å²) >= 11 is 0. The zero-order valence-electron chi connectivity index (χ0n) is 13.2. The van der Waals surface area contributed by atoms with Crippen LogP contribution in [0.5, 0.6) is 0 Å². The normalized spacial score (nSPS) is 15.1. The fraction of sp³-hybridized carbons (Fsp3) is 0.294. The molecule has 1 aromatic carbocycles. The second-order valence-corrected chi connectivity index (χ2v) is 5.76. The molecule has 7 heteroatoms. The SMILES string of the molecule is NC(=O)c1cccc(C(=O)N2CCC(Nc3cccnn3)CC2)c1. The molecule has 3 N–H and O–H groups in total. The standard InChI is InChI=1S/C17H19N5O2/c18-16(23)12-3-1-4-13(11-12)17(24)22-9-6-14(7-10-22)20-15-5-2-8-19-21-15/h1-5,8,11,14H,6-7,9-10H2,(H2,18,23)(H,20,21). The van der Waals surface area contributed by atoms with Gasteiger partial charge in [0.15, 0.2) is 0 Å². The maximum Gasteiger partial charge on any atom is 0.253 e. The number of primary amides is 1. The number of amides is 2. The number of aromatic nitrogens is 2. The Morgan fingerprint density at radius 2 is 1.88 bits per heavy atom. The number of hydrogen-bond donors (Lipinski definition) is 2. The van der Waals surface area contributed by atoms with E-state index in [2.05, 4.69) is 15.5 Å². The van der Waals surface area contributed by atoms with Crippen LogP contribution in [0.3, 0.4) is 0 Å². The molecule has 0 saturated carbocycles. The number of anilines is 1. The summed E-state index contributed by atoms with van der Waals surface area (Å²) in [5, 5.41) is 11.2. The predicted molar refractivity (Wildman–Crippen MR) is 89.5 cm³/mol. The van der Waals surface area contributed by atoms with Crippen molar-refractivity contribution in [2.45, 2.75) is 18.9 Å². The molecule has 3 rings (SSSR count). The van der Waals surface area contributed by atoms with Gasteiger partial charge in [0, 0.05) is 36.5 Å². The van der Waals surface area contributed by atoms with Gasteiger partial charge in [0.2, 0.25) is 5.91 Å². The number of carbonyl (C=O) groups excluding carboxylic acids is 2. The van der Waals surface area contributed by atoms with Crippen LogP contribution < -0.4 is 11.1 Å². The van der Waals surface area contributed by atoms with E-state index in [1.165, 1.54) is 0 Å². The van der Waals surface area contributed by atoms with Crippen molar-refractivity contribution in [2.24, 2.45) is 5.73 Å². The Labute approximate surface area is 139 Å². The third-order valence-electron chi connectivity index (χ3n) is 4.10. The molecule has 0 unspecified atom stereocenters. The third kappa shape index (κ3) is 3.68. The van der Waals surface area contributed by atoms with Crippen molar-refractivity contribution >= 4 is 17.6 Å². The van der Waals surface area contributed by atoms with Crippen LogP contribution in [0.2, 0.25) is 0 Å². The van der Waals surface area contributed by atoms with E-state index < -0.39 is 5.91 Å². The first kappa shape index (κ1) is 15.9. The molecule has 2 heterocycles. The molecule has 0 bridgehead atoms. The van der Waals surface area contributed by atoms with E-state index in [0.29, 0.717) is 24.2 Å². The lowest BCUT2D eigenvalue weighted by atomic mass is 10.0. The summed E-state index contributed by atoms with van der Waals surface area (Å²) in [5.41, 5.74) is 6.11. The molecule has 24 heavy (non-hydrogen) atoms. The number of likely N-dealkylation sites (tertiary alicyclic amines) is 1. The van der Waals surface area contributed by atoms with Gasteiger partial charge in [-0.3, -0.25) is 9.59 Å². The van der Waals surface area contributed by atoms with E-state index in [0.717, 1.165) is 18.7 Å². The monoisotopic (exact) mass is 325 g/mol. The van der Waals surface area contributed by atoms with Crippen LogP contribution in [0.4, 0.5) is 5.82 Å². The molecule has 7 nitrogen and oxygen atoms in total. The fourth-order valence-corrected chi connectivity index (χ4v) is 2.80. The molecule has 1 saturated heterocycles. The molecular weight excluding hydrogens is 306 g/mol. The number of carbonyl (C=O) groups is 2. The first-order valence-corrected chi connectivity index (χ1v) is 7.87. The van der Waals surface area contributed by atoms with Gasteiger partial charge in [-0.2, -0.15) is 5.10 Å². The molecule has 0 atom stereocenters. The molecule has 1 fully saturated rings. The maximum atomic E-state index is 12.6. The van der Waals surface area contributed by atoms with Crippen LogP contribution in [0.15, 0.2) is 42.6 Å². The Hall–Kier alpha value is -2.96. The van der Waals surface area contributed by atoms with E-state index >= 15 is 0 Å². The average Bonchev–Trinajstić information content (AvgIpc) is 2.63. The van der Waals surface area contributed by atoms with Crippen LogP contribution >= 0.6 is 0 Å². The highest BCUT2D eigenvalue weighted by atomic mass is 16.2. The van der Waals surface area contributed by atoms with Crippen molar-refractivity contribution in [1.29, 1.82) is 0 Å². The first-order valence-electron chi connectivity index (χ1n) is 7.87. The lowest BCUT2D eigenvalue weighted by molar-refractivity contribution is 0.0718. The van der Waals surface area contributed by atoms with Gasteiger partial charge in [0.05, 0.1) is 0 Å². The minimum atomic E-state index is -0.531. The zero-order chi connectivity index (χ0) is 16.9. The van der Waals surface area contributed by atoms with E-state index in [-0.39, 0.29) is 11.9 Å². The minimum absolute atomic E-state index is 0.0731. The number of nitrogens with one attached hydrogen (secondary N) is 1. The van der Waals surface area contributed by atoms with Gasteiger partial charge in [-0.1, -0.05) is 6.07 Å². The highest BCUT2D eigenvalue weighted by Gasteiger charge is 2.24. The van der Waals surface area contributed by atoms with Gasteiger partial charge >= 0.3 is 0 Å². The molecule has 0 spiro atoms. The molecule has 2 amide bonds. The number of benzene rings is 1. The maximum absolute atomic E-state index is 12.6. The number of nitrogens with zero attached hydrogens (tertiary/aromatic N) is 3. The van der Waals surface area contributed by atoms with Crippen LogP contribution in [0.1, 0.15) is 33.6 Å². The summed E-state index contributed by atoms with van der Waals surface area (Å²) in [5.74, 6) is 0.143. The summed E-state index contributed by atoms with van der Waals surface area (Å²) in [4.78, 5) is 25.6. The van der Waals surface area contributed by atoms with Gasteiger partial charge < -0.3 is 16.0 Å². The van der Waals surface area contributed by atoms with Gasteiger partial charge in [0.1, 0.15) is 5.82 Å². The number of rotatable bonds is 4. The van der Waals surface area contributed by atoms with Gasteiger partial charge in [-0.15, -0.1) is 5.10 Å². The Balaban J connectivity index is 1.59. The van der Waals surface area contributed by atoms with E-state index in [1.54, 1.807) is 35.4 Å². The van der Waals surface area contributed by atoms with Gasteiger partial charge in [0.25, 0.3) is 5.91 Å². The Morgan fingerprint density at radius 3 is 2.54 bits per heavy atom. The molecular formula is C17H19N5O2. The Bertz CT molecular complexity index is 727. The first-order chi connectivity index (χ1) is 11.6. The highest BCUT2D eigenvalue weighted by Crippen LogP contribution is 2.17.